The average molecular weight is 185 g/mol. The molecule has 0 aliphatic carbocycles. The van der Waals surface area contributed by atoms with Gasteiger partial charge in [0, 0.05) is 10.9 Å². The third-order valence-electron chi connectivity index (χ3n) is 2.06. The molecule has 2 radical (unpaired) electrons. The zero-order valence-electron chi connectivity index (χ0n) is 7.70. The molecule has 1 heterocycles. The van der Waals surface area contributed by atoms with Crippen molar-refractivity contribution in [3.63, 3.8) is 0 Å². The van der Waals surface area contributed by atoms with Crippen LogP contribution in [-0.4, -0.2) is 19.9 Å². The van der Waals surface area contributed by atoms with E-state index in [1.165, 1.54) is 7.11 Å². The number of fused-ring (bicyclic) bond motifs is 1. The summed E-state index contributed by atoms with van der Waals surface area (Å²) in [5.41, 5.74) is 1.10. The molecule has 0 fully saturated rings. The summed E-state index contributed by atoms with van der Waals surface area (Å²) in [6, 6.07) is 7.02. The lowest BCUT2D eigenvalue weighted by Crippen LogP contribution is -2.10. The highest BCUT2D eigenvalue weighted by Gasteiger charge is 2.01. The van der Waals surface area contributed by atoms with Crippen molar-refractivity contribution < 1.29 is 4.74 Å². The number of nitrogens with one attached hydrogen (secondary N) is 1. The first-order valence-electron chi connectivity index (χ1n) is 4.17. The Kier molecular flexibility index (Phi) is 2.04. The van der Waals surface area contributed by atoms with E-state index < -0.39 is 0 Å². The van der Waals surface area contributed by atoms with Crippen LogP contribution in [0.3, 0.4) is 0 Å². The molecule has 68 valence electrons. The van der Waals surface area contributed by atoms with E-state index >= 15 is 0 Å². The molecule has 0 saturated carbocycles. The van der Waals surface area contributed by atoms with Crippen molar-refractivity contribution in [3.8, 4) is 5.75 Å². The largest absolute Gasteiger partial charge is 0.491 e. The molecule has 1 N–H and O–H groups in total. The number of benzene rings is 1. The van der Waals surface area contributed by atoms with Crippen LogP contribution >= 0.6 is 0 Å². The molecule has 0 atom stereocenters. The molecule has 0 saturated heterocycles. The Morgan fingerprint density at radius 1 is 1.36 bits per heavy atom. The van der Waals surface area contributed by atoms with E-state index in [1.54, 1.807) is 18.2 Å². The predicted octanol–water partition coefficient (Wildman–Crippen LogP) is 0.331. The maximum Gasteiger partial charge on any atom is 0.290 e. The van der Waals surface area contributed by atoms with Gasteiger partial charge >= 0.3 is 0 Å². The minimum atomic E-state index is -0.245. The number of H-pyrrole nitrogens is 1. The molecule has 3 nitrogen and oxygen atoms in total. The second kappa shape index (κ2) is 3.22. The molecule has 0 aliphatic rings. The summed E-state index contributed by atoms with van der Waals surface area (Å²) < 4.78 is 4.91. The number of ether oxygens (including phenoxy) is 1. The summed E-state index contributed by atoms with van der Waals surface area (Å²) >= 11 is 0. The molecule has 1 aromatic carbocycles. The lowest BCUT2D eigenvalue weighted by molar-refractivity contribution is 0.409. The minimum absolute atomic E-state index is 0.245. The van der Waals surface area contributed by atoms with Gasteiger partial charge in [-0.15, -0.1) is 0 Å². The number of pyridine rings is 1. The van der Waals surface area contributed by atoms with E-state index in [4.69, 9.17) is 12.6 Å². The van der Waals surface area contributed by atoms with Crippen molar-refractivity contribution in [3.05, 3.63) is 34.6 Å². The van der Waals surface area contributed by atoms with Crippen LogP contribution in [-0.2, 0) is 0 Å². The van der Waals surface area contributed by atoms with Crippen molar-refractivity contribution in [2.24, 2.45) is 0 Å². The van der Waals surface area contributed by atoms with Gasteiger partial charge in [-0.1, -0.05) is 17.6 Å². The maximum absolute atomic E-state index is 11.4. The van der Waals surface area contributed by atoms with Gasteiger partial charge in [-0.2, -0.15) is 0 Å². The van der Waals surface area contributed by atoms with Gasteiger partial charge in [-0.3, -0.25) is 4.79 Å². The number of methoxy groups -OCH3 is 1. The third-order valence-corrected chi connectivity index (χ3v) is 2.06. The molecule has 0 bridgehead atoms. The topological polar surface area (TPSA) is 42.1 Å². The zero-order valence-corrected chi connectivity index (χ0v) is 7.70. The Morgan fingerprint density at radius 3 is 2.86 bits per heavy atom. The monoisotopic (exact) mass is 185 g/mol. The van der Waals surface area contributed by atoms with Gasteiger partial charge in [0.15, 0.2) is 5.75 Å². The smallest absolute Gasteiger partial charge is 0.290 e. The second-order valence-corrected chi connectivity index (χ2v) is 3.01. The van der Waals surface area contributed by atoms with Crippen LogP contribution in [0.2, 0.25) is 0 Å². The molecule has 14 heavy (non-hydrogen) atoms. The molecular weight excluding hydrogens is 177 g/mol. The normalized spacial score (nSPS) is 10.4. The summed E-state index contributed by atoms with van der Waals surface area (Å²) in [6.45, 7) is 0. The van der Waals surface area contributed by atoms with Crippen LogP contribution in [0, 0.1) is 0 Å². The molecule has 4 heteroatoms. The van der Waals surface area contributed by atoms with Crippen molar-refractivity contribution in [2.45, 2.75) is 0 Å². The van der Waals surface area contributed by atoms with E-state index in [1.807, 2.05) is 6.07 Å². The molecule has 0 unspecified atom stereocenters. The van der Waals surface area contributed by atoms with Crippen LogP contribution in [0.1, 0.15) is 0 Å². The summed E-state index contributed by atoms with van der Waals surface area (Å²) in [6.07, 6.45) is 0. The quantitative estimate of drug-likeness (QED) is 0.650. The van der Waals surface area contributed by atoms with Crippen LogP contribution in [0.4, 0.5) is 0 Å². The Hall–Kier alpha value is -1.71. The predicted molar refractivity (Wildman–Crippen MR) is 56.5 cm³/mol. The van der Waals surface area contributed by atoms with Crippen molar-refractivity contribution >= 4 is 24.2 Å². The second-order valence-electron chi connectivity index (χ2n) is 3.01. The first-order valence-corrected chi connectivity index (χ1v) is 4.17. The van der Waals surface area contributed by atoms with Gasteiger partial charge in [-0.25, -0.2) is 0 Å². The molecule has 2 aromatic rings. The number of hydrogen-bond acceptors (Lipinski definition) is 2. The Bertz CT molecular complexity index is 533. The number of aromatic nitrogens is 1. The lowest BCUT2D eigenvalue weighted by atomic mass is 9.95. The van der Waals surface area contributed by atoms with Gasteiger partial charge in [0.05, 0.1) is 7.11 Å². The number of rotatable bonds is 1. The summed E-state index contributed by atoms with van der Waals surface area (Å²) in [7, 11) is 7.06. The summed E-state index contributed by atoms with van der Waals surface area (Å²) in [5, 5.41) is 0.899. The highest BCUT2D eigenvalue weighted by Crippen LogP contribution is 2.12. The molecule has 0 spiro atoms. The van der Waals surface area contributed by atoms with E-state index in [0.29, 0.717) is 11.2 Å². The Morgan fingerprint density at radius 2 is 2.14 bits per heavy atom. The number of aromatic amines is 1. The number of hydrogen-bond donors (Lipinski definition) is 1. The highest BCUT2D eigenvalue weighted by atomic mass is 16.5. The van der Waals surface area contributed by atoms with Crippen LogP contribution < -0.4 is 15.8 Å². The molecule has 1 aromatic heterocycles. The maximum atomic E-state index is 11.4. The zero-order chi connectivity index (χ0) is 10.1. The van der Waals surface area contributed by atoms with Gasteiger partial charge < -0.3 is 9.72 Å². The molecule has 0 amide bonds. The van der Waals surface area contributed by atoms with Crippen molar-refractivity contribution in [1.29, 1.82) is 0 Å². The van der Waals surface area contributed by atoms with E-state index in [-0.39, 0.29) is 5.56 Å². The third kappa shape index (κ3) is 1.39. The van der Waals surface area contributed by atoms with Gasteiger partial charge in [0.1, 0.15) is 7.85 Å². The SMILES string of the molecule is [B]c1ccc2cc(OC)c(=O)[nH]c2c1. The van der Waals surface area contributed by atoms with Crippen LogP contribution in [0.25, 0.3) is 10.9 Å². The molecule has 2 rings (SSSR count). The van der Waals surface area contributed by atoms with Crippen LogP contribution in [0.5, 0.6) is 5.75 Å². The lowest BCUT2D eigenvalue weighted by Gasteiger charge is -2.02. The Labute approximate surface area is 82.1 Å². The Balaban J connectivity index is 2.79. The molecular formula is C10H8BNO2. The molecule has 0 aliphatic heterocycles. The summed E-state index contributed by atoms with van der Waals surface area (Å²) in [4.78, 5) is 14.0. The average Bonchev–Trinajstić information content (AvgIpc) is 2.16. The highest BCUT2D eigenvalue weighted by molar-refractivity contribution is 6.33. The van der Waals surface area contributed by atoms with Crippen molar-refractivity contribution in [2.75, 3.05) is 7.11 Å². The van der Waals surface area contributed by atoms with Gasteiger partial charge in [-0.05, 0) is 12.1 Å². The van der Waals surface area contributed by atoms with Crippen LogP contribution in [0.15, 0.2) is 29.1 Å². The van der Waals surface area contributed by atoms with Gasteiger partial charge in [0.2, 0.25) is 0 Å². The fourth-order valence-electron chi connectivity index (χ4n) is 1.35. The van der Waals surface area contributed by atoms with Crippen molar-refractivity contribution in [1.82, 2.24) is 4.98 Å². The summed E-state index contributed by atoms with van der Waals surface area (Å²) in [5.74, 6) is 0.308. The van der Waals surface area contributed by atoms with Gasteiger partial charge in [0.25, 0.3) is 5.56 Å². The van der Waals surface area contributed by atoms with E-state index in [0.717, 1.165) is 10.9 Å². The van der Waals surface area contributed by atoms with E-state index in [2.05, 4.69) is 4.98 Å². The first-order chi connectivity index (χ1) is 6.70. The fourth-order valence-corrected chi connectivity index (χ4v) is 1.35. The minimum Gasteiger partial charge on any atom is -0.491 e. The standard InChI is InChI=1S/C10H8BNO2/c1-14-9-4-6-2-3-7(11)5-8(6)12-10(9)13/h2-5H,1H3,(H,12,13). The fraction of sp³-hybridized carbons (Fsp3) is 0.100. The van der Waals surface area contributed by atoms with E-state index in [9.17, 15) is 4.79 Å². The first kappa shape index (κ1) is 8.87.